The summed E-state index contributed by atoms with van der Waals surface area (Å²) in [6.07, 6.45) is 9.22. The molecule has 1 fully saturated rings. The molecule has 0 amide bonds. The molecule has 0 atom stereocenters. The third-order valence-electron chi connectivity index (χ3n) is 4.48. The minimum Gasteiger partial charge on any atom is -0.393 e. The maximum Gasteiger partial charge on any atom is 0.180 e. The molecule has 0 aliphatic heterocycles. The zero-order valence-corrected chi connectivity index (χ0v) is 12.9. The molecule has 0 bridgehead atoms. The molecule has 0 saturated heterocycles. The van der Waals surface area contributed by atoms with Gasteiger partial charge in [-0.1, -0.05) is 30.3 Å². The van der Waals surface area contributed by atoms with Gasteiger partial charge in [0.2, 0.25) is 0 Å². The van der Waals surface area contributed by atoms with Gasteiger partial charge in [-0.05, 0) is 25.7 Å². The summed E-state index contributed by atoms with van der Waals surface area (Å²) in [6, 6.07) is 10.5. The van der Waals surface area contributed by atoms with Crippen LogP contribution >= 0.6 is 0 Å². The summed E-state index contributed by atoms with van der Waals surface area (Å²) in [4.78, 5) is 9.22. The number of nitrogens with zero attached hydrogens (tertiary/aromatic N) is 3. The third kappa shape index (κ3) is 2.92. The summed E-state index contributed by atoms with van der Waals surface area (Å²) in [6.45, 7) is 0. The third-order valence-corrected chi connectivity index (χ3v) is 4.48. The highest BCUT2D eigenvalue weighted by molar-refractivity contribution is 5.69. The monoisotopic (exact) mass is 308 g/mol. The first-order valence-electron chi connectivity index (χ1n) is 8.13. The number of hydrogen-bond acceptors (Lipinski definition) is 4. The van der Waals surface area contributed by atoms with Gasteiger partial charge >= 0.3 is 0 Å². The maximum atomic E-state index is 9.66. The molecule has 4 rings (SSSR count). The topological polar surface area (TPSA) is 62.5 Å². The normalized spacial score (nSPS) is 21.4. The van der Waals surface area contributed by atoms with Crippen molar-refractivity contribution in [1.82, 2.24) is 14.4 Å². The summed E-state index contributed by atoms with van der Waals surface area (Å²) in [7, 11) is 0. The van der Waals surface area contributed by atoms with Crippen LogP contribution in [-0.4, -0.2) is 31.6 Å². The maximum absolute atomic E-state index is 9.66. The van der Waals surface area contributed by atoms with E-state index in [0.29, 0.717) is 6.04 Å². The molecule has 3 aromatic rings. The number of aliphatic hydroxyl groups is 1. The lowest BCUT2D eigenvalue weighted by Crippen LogP contribution is -2.28. The lowest BCUT2D eigenvalue weighted by atomic mass is 9.93. The number of rotatable bonds is 3. The highest BCUT2D eigenvalue weighted by atomic mass is 16.3. The molecule has 0 unspecified atom stereocenters. The van der Waals surface area contributed by atoms with E-state index in [1.54, 1.807) is 6.20 Å². The Bertz CT molecular complexity index is 791. The fourth-order valence-corrected chi connectivity index (χ4v) is 3.19. The molecule has 1 aromatic carbocycles. The average Bonchev–Trinajstić information content (AvgIpc) is 3.06. The zero-order valence-electron chi connectivity index (χ0n) is 12.9. The van der Waals surface area contributed by atoms with Gasteiger partial charge in [0.05, 0.1) is 11.8 Å². The molecule has 0 radical (unpaired) electrons. The van der Waals surface area contributed by atoms with Crippen LogP contribution in [0.15, 0.2) is 48.9 Å². The molecule has 1 aliphatic carbocycles. The number of benzene rings is 1. The van der Waals surface area contributed by atoms with E-state index in [4.69, 9.17) is 4.98 Å². The average molecular weight is 308 g/mol. The first-order valence-corrected chi connectivity index (χ1v) is 8.13. The molecule has 0 spiro atoms. The van der Waals surface area contributed by atoms with Gasteiger partial charge in [-0.2, -0.15) is 0 Å². The van der Waals surface area contributed by atoms with Crippen LogP contribution in [0.5, 0.6) is 0 Å². The van der Waals surface area contributed by atoms with Crippen LogP contribution < -0.4 is 5.32 Å². The molecule has 5 heteroatoms. The van der Waals surface area contributed by atoms with Crippen molar-refractivity contribution in [2.24, 2.45) is 0 Å². The number of hydrogen-bond donors (Lipinski definition) is 2. The van der Waals surface area contributed by atoms with Crippen LogP contribution in [0, 0.1) is 0 Å². The highest BCUT2D eigenvalue weighted by Crippen LogP contribution is 2.25. The van der Waals surface area contributed by atoms with Crippen LogP contribution in [0.1, 0.15) is 25.7 Å². The quantitative estimate of drug-likeness (QED) is 0.780. The Balaban J connectivity index is 1.69. The van der Waals surface area contributed by atoms with E-state index in [-0.39, 0.29) is 6.10 Å². The Morgan fingerprint density at radius 2 is 1.87 bits per heavy atom. The molecule has 2 aromatic heterocycles. The Morgan fingerprint density at radius 3 is 2.65 bits per heavy atom. The van der Waals surface area contributed by atoms with E-state index in [9.17, 15) is 5.11 Å². The number of imidazole rings is 1. The van der Waals surface area contributed by atoms with Crippen molar-refractivity contribution in [3.63, 3.8) is 0 Å². The first kappa shape index (κ1) is 14.2. The number of aliphatic hydroxyl groups excluding tert-OH is 1. The van der Waals surface area contributed by atoms with Crippen molar-refractivity contribution >= 4 is 11.5 Å². The van der Waals surface area contributed by atoms with Crippen molar-refractivity contribution in [3.8, 4) is 11.3 Å². The summed E-state index contributed by atoms with van der Waals surface area (Å²) in [5, 5.41) is 13.2. The van der Waals surface area contributed by atoms with Gasteiger partial charge in [0, 0.05) is 30.2 Å². The second-order valence-corrected chi connectivity index (χ2v) is 6.15. The van der Waals surface area contributed by atoms with Crippen LogP contribution in [0.4, 0.5) is 5.82 Å². The highest BCUT2D eigenvalue weighted by Gasteiger charge is 2.21. The predicted octanol–water partition coefficient (Wildman–Crippen LogP) is 3.11. The van der Waals surface area contributed by atoms with E-state index in [1.165, 1.54) is 0 Å². The van der Waals surface area contributed by atoms with Gasteiger partial charge in [-0.3, -0.25) is 0 Å². The van der Waals surface area contributed by atoms with Gasteiger partial charge in [0.25, 0.3) is 0 Å². The Morgan fingerprint density at radius 1 is 1.09 bits per heavy atom. The van der Waals surface area contributed by atoms with Crippen LogP contribution in [-0.2, 0) is 0 Å². The van der Waals surface area contributed by atoms with Gasteiger partial charge in [-0.25, -0.2) is 9.97 Å². The van der Waals surface area contributed by atoms with Gasteiger partial charge in [0.1, 0.15) is 0 Å². The van der Waals surface area contributed by atoms with E-state index >= 15 is 0 Å². The van der Waals surface area contributed by atoms with E-state index < -0.39 is 0 Å². The molecular formula is C18H20N4O. The largest absolute Gasteiger partial charge is 0.393 e. The SMILES string of the molecule is OC1CCC(Nc2nc(-c3ccccc3)cn3ccnc23)CC1. The minimum atomic E-state index is -0.150. The van der Waals surface area contributed by atoms with Crippen molar-refractivity contribution in [1.29, 1.82) is 0 Å². The summed E-state index contributed by atoms with van der Waals surface area (Å²) in [5.41, 5.74) is 2.86. The summed E-state index contributed by atoms with van der Waals surface area (Å²) in [5.74, 6) is 0.817. The van der Waals surface area contributed by atoms with E-state index in [2.05, 4.69) is 22.4 Å². The fourth-order valence-electron chi connectivity index (χ4n) is 3.19. The fraction of sp³-hybridized carbons (Fsp3) is 0.333. The van der Waals surface area contributed by atoms with E-state index in [0.717, 1.165) is 48.4 Å². The second-order valence-electron chi connectivity index (χ2n) is 6.15. The van der Waals surface area contributed by atoms with Crippen molar-refractivity contribution in [2.45, 2.75) is 37.8 Å². The molecule has 5 nitrogen and oxygen atoms in total. The molecule has 23 heavy (non-hydrogen) atoms. The smallest absolute Gasteiger partial charge is 0.180 e. The number of aromatic nitrogens is 3. The molecule has 118 valence electrons. The molecule has 1 aliphatic rings. The predicted molar refractivity (Wildman–Crippen MR) is 90.3 cm³/mol. The van der Waals surface area contributed by atoms with Gasteiger partial charge in [0.15, 0.2) is 11.5 Å². The van der Waals surface area contributed by atoms with Crippen molar-refractivity contribution < 1.29 is 5.11 Å². The minimum absolute atomic E-state index is 0.150. The molecule has 1 saturated carbocycles. The van der Waals surface area contributed by atoms with Gasteiger partial charge < -0.3 is 14.8 Å². The Labute approximate surface area is 135 Å². The first-order chi connectivity index (χ1) is 11.3. The van der Waals surface area contributed by atoms with Crippen molar-refractivity contribution in [3.05, 3.63) is 48.9 Å². The van der Waals surface area contributed by atoms with Crippen LogP contribution in [0.25, 0.3) is 16.9 Å². The lowest BCUT2D eigenvalue weighted by Gasteiger charge is -2.26. The zero-order chi connectivity index (χ0) is 15.6. The molecule has 2 N–H and O–H groups in total. The molecule has 2 heterocycles. The lowest BCUT2D eigenvalue weighted by molar-refractivity contribution is 0.126. The number of nitrogens with one attached hydrogen (secondary N) is 1. The molecular weight excluding hydrogens is 288 g/mol. The summed E-state index contributed by atoms with van der Waals surface area (Å²) >= 11 is 0. The van der Waals surface area contributed by atoms with Crippen molar-refractivity contribution in [2.75, 3.05) is 5.32 Å². The van der Waals surface area contributed by atoms with E-state index in [1.807, 2.05) is 35.0 Å². The summed E-state index contributed by atoms with van der Waals surface area (Å²) < 4.78 is 2.01. The van der Waals surface area contributed by atoms with Gasteiger partial charge in [-0.15, -0.1) is 0 Å². The number of anilines is 1. The standard InChI is InChI=1S/C18H20N4O/c23-15-8-6-14(7-9-15)20-17-18-19-10-11-22(18)12-16(21-17)13-4-2-1-3-5-13/h1-5,10-12,14-15,23H,6-9H2,(H,20,21). The number of fused-ring (bicyclic) bond motifs is 1. The second kappa shape index (κ2) is 6.01. The van der Waals surface area contributed by atoms with Crippen LogP contribution in [0.2, 0.25) is 0 Å². The Kier molecular flexibility index (Phi) is 3.71. The Hall–Kier alpha value is -2.40. The van der Waals surface area contributed by atoms with Crippen LogP contribution in [0.3, 0.4) is 0 Å².